The van der Waals surface area contributed by atoms with E-state index in [0.29, 0.717) is 12.0 Å². The Morgan fingerprint density at radius 1 is 1.35 bits per heavy atom. The van der Waals surface area contributed by atoms with Gasteiger partial charge in [-0.1, -0.05) is 31.5 Å². The molecule has 3 rings (SSSR count). The summed E-state index contributed by atoms with van der Waals surface area (Å²) < 4.78 is 5.77. The third-order valence-electron chi connectivity index (χ3n) is 4.54. The number of rotatable bonds is 4. The molecule has 2 unspecified atom stereocenters. The highest BCUT2D eigenvalue weighted by Crippen LogP contribution is 2.33. The number of ether oxygens (including phenoxy) is 1. The van der Waals surface area contributed by atoms with E-state index in [4.69, 9.17) is 4.74 Å². The molecular weight excluding hydrogens is 248 g/mol. The summed E-state index contributed by atoms with van der Waals surface area (Å²) in [4.78, 5) is 2.64. The summed E-state index contributed by atoms with van der Waals surface area (Å²) in [6.07, 6.45) is 3.71. The zero-order valence-electron chi connectivity index (χ0n) is 12.5. The van der Waals surface area contributed by atoms with Crippen LogP contribution in [0.2, 0.25) is 0 Å². The maximum atomic E-state index is 5.77. The van der Waals surface area contributed by atoms with E-state index in [2.05, 4.69) is 41.4 Å². The molecule has 0 aliphatic carbocycles. The van der Waals surface area contributed by atoms with Crippen molar-refractivity contribution in [2.75, 3.05) is 32.8 Å². The molecule has 1 aromatic rings. The molecule has 2 aliphatic rings. The molecule has 3 nitrogen and oxygen atoms in total. The lowest BCUT2D eigenvalue weighted by atomic mass is 9.92. The van der Waals surface area contributed by atoms with Crippen molar-refractivity contribution in [1.29, 1.82) is 0 Å². The summed E-state index contributed by atoms with van der Waals surface area (Å²) in [5.41, 5.74) is 1.41. The van der Waals surface area contributed by atoms with Gasteiger partial charge in [-0.2, -0.15) is 0 Å². The summed E-state index contributed by atoms with van der Waals surface area (Å²) in [5, 5.41) is 3.64. The molecule has 20 heavy (non-hydrogen) atoms. The first kappa shape index (κ1) is 13.9. The van der Waals surface area contributed by atoms with Crippen molar-refractivity contribution in [3.63, 3.8) is 0 Å². The molecule has 0 bridgehead atoms. The molecular formula is C17H26N2O. The van der Waals surface area contributed by atoms with E-state index in [9.17, 15) is 0 Å². The Hall–Kier alpha value is -1.06. The summed E-state index contributed by atoms with van der Waals surface area (Å²) in [7, 11) is 0. The Morgan fingerprint density at radius 3 is 3.15 bits per heavy atom. The Bertz CT molecular complexity index is 433. The molecule has 110 valence electrons. The van der Waals surface area contributed by atoms with Crippen LogP contribution in [0.5, 0.6) is 5.75 Å². The van der Waals surface area contributed by atoms with Crippen LogP contribution in [-0.2, 0) is 0 Å². The molecule has 2 heterocycles. The molecule has 3 heteroatoms. The van der Waals surface area contributed by atoms with Gasteiger partial charge < -0.3 is 10.1 Å². The Morgan fingerprint density at radius 2 is 2.25 bits per heavy atom. The second-order valence-corrected chi connectivity index (χ2v) is 6.07. The fourth-order valence-electron chi connectivity index (χ4n) is 3.52. The summed E-state index contributed by atoms with van der Waals surface area (Å²) >= 11 is 0. The van der Waals surface area contributed by atoms with Crippen molar-refractivity contribution < 1.29 is 4.74 Å². The second-order valence-electron chi connectivity index (χ2n) is 6.07. The summed E-state index contributed by atoms with van der Waals surface area (Å²) in [6.45, 7) is 7.84. The highest BCUT2D eigenvalue weighted by Gasteiger charge is 2.26. The number of para-hydroxylation sites is 1. The van der Waals surface area contributed by atoms with Gasteiger partial charge in [-0.15, -0.1) is 0 Å². The van der Waals surface area contributed by atoms with Crippen LogP contribution in [0.25, 0.3) is 0 Å². The number of nitrogens with one attached hydrogen (secondary N) is 1. The molecule has 1 aromatic carbocycles. The maximum absolute atomic E-state index is 5.77. The number of nitrogens with zero attached hydrogens (tertiary/aromatic N) is 1. The summed E-state index contributed by atoms with van der Waals surface area (Å²) in [6, 6.07) is 9.25. The SMILES string of the molecule is CCCC1CN(CC2CCOc3ccccc32)CCN1. The van der Waals surface area contributed by atoms with Crippen molar-refractivity contribution in [1.82, 2.24) is 10.2 Å². The minimum absolute atomic E-state index is 0.639. The molecule has 0 radical (unpaired) electrons. The lowest BCUT2D eigenvalue weighted by Crippen LogP contribution is -2.51. The maximum Gasteiger partial charge on any atom is 0.122 e. The molecule has 2 aliphatic heterocycles. The minimum Gasteiger partial charge on any atom is -0.493 e. The normalized spacial score (nSPS) is 26.9. The van der Waals surface area contributed by atoms with Crippen molar-refractivity contribution in [2.24, 2.45) is 0 Å². The van der Waals surface area contributed by atoms with Crippen LogP contribution in [0, 0.1) is 0 Å². The van der Waals surface area contributed by atoms with Crippen LogP contribution in [0.4, 0.5) is 0 Å². The first-order valence-corrected chi connectivity index (χ1v) is 8.04. The highest BCUT2D eigenvalue weighted by molar-refractivity contribution is 5.37. The van der Waals surface area contributed by atoms with Gasteiger partial charge in [0.1, 0.15) is 5.75 Å². The number of fused-ring (bicyclic) bond motifs is 1. The molecule has 1 fully saturated rings. The van der Waals surface area contributed by atoms with Gasteiger partial charge in [0.05, 0.1) is 6.61 Å². The number of hydrogen-bond donors (Lipinski definition) is 1. The van der Waals surface area contributed by atoms with Crippen LogP contribution < -0.4 is 10.1 Å². The second kappa shape index (κ2) is 6.59. The molecule has 0 saturated carbocycles. The summed E-state index contributed by atoms with van der Waals surface area (Å²) in [5.74, 6) is 1.74. The fourth-order valence-corrected chi connectivity index (χ4v) is 3.52. The van der Waals surface area contributed by atoms with Gasteiger partial charge in [-0.05, 0) is 24.5 Å². The predicted molar refractivity (Wildman–Crippen MR) is 82.4 cm³/mol. The van der Waals surface area contributed by atoms with Gasteiger partial charge in [0, 0.05) is 38.1 Å². The number of benzene rings is 1. The fraction of sp³-hybridized carbons (Fsp3) is 0.647. The zero-order chi connectivity index (χ0) is 13.8. The van der Waals surface area contributed by atoms with Crippen LogP contribution in [0.3, 0.4) is 0 Å². The van der Waals surface area contributed by atoms with E-state index in [1.54, 1.807) is 0 Å². The van der Waals surface area contributed by atoms with Gasteiger partial charge in [0.2, 0.25) is 0 Å². The van der Waals surface area contributed by atoms with E-state index in [0.717, 1.165) is 25.3 Å². The first-order chi connectivity index (χ1) is 9.86. The van der Waals surface area contributed by atoms with E-state index >= 15 is 0 Å². The van der Waals surface area contributed by atoms with Crippen LogP contribution in [0.1, 0.15) is 37.7 Å². The van der Waals surface area contributed by atoms with Crippen molar-refractivity contribution in [3.8, 4) is 5.75 Å². The molecule has 1 N–H and O–H groups in total. The lowest BCUT2D eigenvalue weighted by Gasteiger charge is -2.37. The predicted octanol–water partition coefficient (Wildman–Crippen LogP) is 2.63. The van der Waals surface area contributed by atoms with Gasteiger partial charge in [0.15, 0.2) is 0 Å². The minimum atomic E-state index is 0.639. The van der Waals surface area contributed by atoms with Crippen LogP contribution in [-0.4, -0.2) is 43.7 Å². The zero-order valence-corrected chi connectivity index (χ0v) is 12.5. The van der Waals surface area contributed by atoms with E-state index in [1.165, 1.54) is 38.0 Å². The van der Waals surface area contributed by atoms with E-state index in [1.807, 2.05) is 0 Å². The standard InChI is InChI=1S/C17H26N2O/c1-2-5-15-13-19(10-9-18-15)12-14-8-11-20-17-7-4-3-6-16(14)17/h3-4,6-7,14-15,18H,2,5,8-13H2,1H3. The van der Waals surface area contributed by atoms with Crippen molar-refractivity contribution in [3.05, 3.63) is 29.8 Å². The smallest absolute Gasteiger partial charge is 0.122 e. The third-order valence-corrected chi connectivity index (χ3v) is 4.54. The van der Waals surface area contributed by atoms with Crippen LogP contribution >= 0.6 is 0 Å². The quantitative estimate of drug-likeness (QED) is 0.913. The average molecular weight is 274 g/mol. The van der Waals surface area contributed by atoms with Gasteiger partial charge >= 0.3 is 0 Å². The van der Waals surface area contributed by atoms with E-state index in [-0.39, 0.29) is 0 Å². The molecule has 0 amide bonds. The Kier molecular flexibility index (Phi) is 4.58. The average Bonchev–Trinajstić information content (AvgIpc) is 2.48. The lowest BCUT2D eigenvalue weighted by molar-refractivity contribution is 0.166. The monoisotopic (exact) mass is 274 g/mol. The Balaban J connectivity index is 1.63. The number of piperazine rings is 1. The molecule has 2 atom stereocenters. The highest BCUT2D eigenvalue weighted by atomic mass is 16.5. The van der Waals surface area contributed by atoms with Crippen molar-refractivity contribution >= 4 is 0 Å². The first-order valence-electron chi connectivity index (χ1n) is 8.04. The largest absolute Gasteiger partial charge is 0.493 e. The van der Waals surface area contributed by atoms with E-state index < -0.39 is 0 Å². The van der Waals surface area contributed by atoms with Gasteiger partial charge in [0.25, 0.3) is 0 Å². The van der Waals surface area contributed by atoms with Gasteiger partial charge in [-0.3, -0.25) is 4.90 Å². The number of hydrogen-bond acceptors (Lipinski definition) is 3. The molecule has 0 aromatic heterocycles. The molecule has 0 spiro atoms. The topological polar surface area (TPSA) is 24.5 Å². The van der Waals surface area contributed by atoms with Crippen molar-refractivity contribution in [2.45, 2.75) is 38.1 Å². The third kappa shape index (κ3) is 3.15. The Labute approximate surface area is 122 Å². The molecule has 1 saturated heterocycles. The van der Waals surface area contributed by atoms with Crippen LogP contribution in [0.15, 0.2) is 24.3 Å². The van der Waals surface area contributed by atoms with Gasteiger partial charge in [-0.25, -0.2) is 0 Å².